The lowest BCUT2D eigenvalue weighted by Crippen LogP contribution is -2.37. The highest BCUT2D eigenvalue weighted by atomic mass is 16.3. The van der Waals surface area contributed by atoms with Gasteiger partial charge in [0.15, 0.2) is 5.78 Å². The number of carbonyl (C=O) groups is 1. The molecule has 0 radical (unpaired) electrons. The van der Waals surface area contributed by atoms with Gasteiger partial charge in [-0.1, -0.05) is 31.4 Å². The number of aliphatic hydroxyl groups excluding tert-OH is 1. The maximum Gasteiger partial charge on any atom is 0.165 e. The fourth-order valence-corrected chi connectivity index (χ4v) is 4.01. The van der Waals surface area contributed by atoms with Crippen molar-refractivity contribution in [3.05, 3.63) is 12.2 Å². The molecule has 2 fully saturated rings. The first-order valence-electron chi connectivity index (χ1n) is 7.16. The van der Waals surface area contributed by atoms with Gasteiger partial charge in [0, 0.05) is 5.92 Å². The summed E-state index contributed by atoms with van der Waals surface area (Å²) in [5.41, 5.74) is 0. The number of Topliss-reactive ketones (excluding diaryl/α,β-unsaturated/α-hetero) is 1. The molecule has 3 aliphatic rings. The molecule has 2 saturated carbocycles. The van der Waals surface area contributed by atoms with Crippen molar-refractivity contribution >= 4 is 5.78 Å². The van der Waals surface area contributed by atoms with E-state index in [1.807, 2.05) is 0 Å². The van der Waals surface area contributed by atoms with E-state index in [0.717, 1.165) is 25.7 Å². The first-order chi connectivity index (χ1) is 8.25. The summed E-state index contributed by atoms with van der Waals surface area (Å²) in [6, 6.07) is 0. The Bertz CT molecular complexity index is 328. The number of fused-ring (bicyclic) bond motifs is 2. The number of aliphatic hydroxyl groups is 1. The largest absolute Gasteiger partial charge is 0.385 e. The molecule has 1 N–H and O–H groups in total. The first kappa shape index (κ1) is 11.5. The van der Waals surface area contributed by atoms with E-state index in [1.165, 1.54) is 19.3 Å². The zero-order chi connectivity index (χ0) is 11.8. The monoisotopic (exact) mass is 234 g/mol. The van der Waals surface area contributed by atoms with Crippen molar-refractivity contribution in [2.45, 2.75) is 51.0 Å². The van der Waals surface area contributed by atoms with Crippen LogP contribution in [0.25, 0.3) is 0 Å². The van der Waals surface area contributed by atoms with Crippen LogP contribution in [-0.4, -0.2) is 17.0 Å². The highest BCUT2D eigenvalue weighted by molar-refractivity contribution is 5.86. The van der Waals surface area contributed by atoms with Crippen molar-refractivity contribution in [1.29, 1.82) is 0 Å². The van der Waals surface area contributed by atoms with Gasteiger partial charge in [-0.25, -0.2) is 0 Å². The van der Waals surface area contributed by atoms with E-state index in [2.05, 4.69) is 12.2 Å². The second-order valence-corrected chi connectivity index (χ2v) is 6.13. The van der Waals surface area contributed by atoms with Gasteiger partial charge in [0.05, 0.1) is 0 Å². The van der Waals surface area contributed by atoms with Gasteiger partial charge in [-0.2, -0.15) is 0 Å². The molecule has 3 rings (SSSR count). The number of allylic oxidation sites excluding steroid dienone is 2. The number of rotatable bonds is 3. The average molecular weight is 234 g/mol. The summed E-state index contributed by atoms with van der Waals surface area (Å²) < 4.78 is 0. The number of carbonyl (C=O) groups excluding carboxylic acids is 1. The van der Waals surface area contributed by atoms with Gasteiger partial charge in [-0.3, -0.25) is 4.79 Å². The van der Waals surface area contributed by atoms with E-state index in [9.17, 15) is 9.90 Å². The maximum atomic E-state index is 12.4. The molecule has 0 amide bonds. The summed E-state index contributed by atoms with van der Waals surface area (Å²) in [7, 11) is 0. The SMILES string of the molecule is O=C([C@@H](O)C1CCCCC1)[C@H]1C[C@H]2C=C[C@@H]1C2. The number of hydrogen-bond acceptors (Lipinski definition) is 2. The van der Waals surface area contributed by atoms with Crippen LogP contribution in [0.1, 0.15) is 44.9 Å². The third-order valence-corrected chi connectivity index (χ3v) is 5.03. The molecular formula is C15H22O2. The summed E-state index contributed by atoms with van der Waals surface area (Å²) in [6.07, 6.45) is 11.6. The standard InChI is InChI=1S/C15H22O2/c16-14(11-4-2-1-3-5-11)15(17)13-9-10-6-7-12(13)8-10/h6-7,10-14,16H,1-5,8-9H2/t10-,12+,13-,14-/m0/s1. The zero-order valence-electron chi connectivity index (χ0n) is 10.3. The summed E-state index contributed by atoms with van der Waals surface area (Å²) in [6.45, 7) is 0. The molecule has 0 unspecified atom stereocenters. The van der Waals surface area contributed by atoms with Gasteiger partial charge in [0.1, 0.15) is 6.10 Å². The predicted octanol–water partition coefficient (Wildman–Crippen LogP) is 2.71. The van der Waals surface area contributed by atoms with Crippen molar-refractivity contribution in [3.8, 4) is 0 Å². The average Bonchev–Trinajstić information content (AvgIpc) is 3.00. The Morgan fingerprint density at radius 2 is 1.88 bits per heavy atom. The van der Waals surface area contributed by atoms with Crippen molar-refractivity contribution in [3.63, 3.8) is 0 Å². The van der Waals surface area contributed by atoms with E-state index in [-0.39, 0.29) is 17.6 Å². The van der Waals surface area contributed by atoms with E-state index in [0.29, 0.717) is 11.8 Å². The topological polar surface area (TPSA) is 37.3 Å². The molecule has 0 aliphatic heterocycles. The molecule has 0 aromatic heterocycles. The van der Waals surface area contributed by atoms with Gasteiger partial charge < -0.3 is 5.11 Å². The smallest absolute Gasteiger partial charge is 0.165 e. The summed E-state index contributed by atoms with van der Waals surface area (Å²) >= 11 is 0. The van der Waals surface area contributed by atoms with Crippen LogP contribution in [0.3, 0.4) is 0 Å². The van der Waals surface area contributed by atoms with Crippen LogP contribution in [0.15, 0.2) is 12.2 Å². The van der Waals surface area contributed by atoms with Crippen molar-refractivity contribution < 1.29 is 9.90 Å². The normalized spacial score (nSPS) is 38.5. The fraction of sp³-hybridized carbons (Fsp3) is 0.800. The second kappa shape index (κ2) is 4.56. The Labute approximate surface area is 103 Å². The Hall–Kier alpha value is -0.630. The molecule has 2 heteroatoms. The van der Waals surface area contributed by atoms with Crippen LogP contribution < -0.4 is 0 Å². The summed E-state index contributed by atoms with van der Waals surface area (Å²) in [5, 5.41) is 10.3. The van der Waals surface area contributed by atoms with E-state index >= 15 is 0 Å². The van der Waals surface area contributed by atoms with Crippen LogP contribution >= 0.6 is 0 Å². The van der Waals surface area contributed by atoms with Gasteiger partial charge in [0.2, 0.25) is 0 Å². The van der Waals surface area contributed by atoms with Gasteiger partial charge in [-0.05, 0) is 43.4 Å². The second-order valence-electron chi connectivity index (χ2n) is 6.13. The molecule has 0 aromatic rings. The van der Waals surface area contributed by atoms with Crippen molar-refractivity contribution in [1.82, 2.24) is 0 Å². The number of hydrogen-bond donors (Lipinski definition) is 1. The minimum Gasteiger partial charge on any atom is -0.385 e. The lowest BCUT2D eigenvalue weighted by Gasteiger charge is -2.28. The molecule has 3 aliphatic carbocycles. The van der Waals surface area contributed by atoms with Gasteiger partial charge in [0.25, 0.3) is 0 Å². The third kappa shape index (κ3) is 2.08. The Kier molecular flexibility index (Phi) is 3.08. The zero-order valence-corrected chi connectivity index (χ0v) is 10.3. The molecule has 4 atom stereocenters. The molecule has 2 nitrogen and oxygen atoms in total. The maximum absolute atomic E-state index is 12.4. The van der Waals surface area contributed by atoms with E-state index in [1.54, 1.807) is 0 Å². The summed E-state index contributed by atoms with van der Waals surface area (Å²) in [5.74, 6) is 1.58. The lowest BCUT2D eigenvalue weighted by molar-refractivity contribution is -0.135. The minimum absolute atomic E-state index is 0.127. The first-order valence-corrected chi connectivity index (χ1v) is 7.16. The van der Waals surface area contributed by atoms with Crippen LogP contribution in [-0.2, 0) is 4.79 Å². The number of ketones is 1. The molecular weight excluding hydrogens is 212 g/mol. The molecule has 0 aromatic carbocycles. The minimum atomic E-state index is -0.673. The highest BCUT2D eigenvalue weighted by Crippen LogP contribution is 2.45. The van der Waals surface area contributed by atoms with Crippen LogP contribution in [0.5, 0.6) is 0 Å². The Balaban J connectivity index is 1.63. The Morgan fingerprint density at radius 1 is 1.12 bits per heavy atom. The van der Waals surface area contributed by atoms with E-state index < -0.39 is 6.10 Å². The molecule has 17 heavy (non-hydrogen) atoms. The fourth-order valence-electron chi connectivity index (χ4n) is 4.01. The van der Waals surface area contributed by atoms with Crippen LogP contribution in [0.2, 0.25) is 0 Å². The van der Waals surface area contributed by atoms with Crippen LogP contribution in [0.4, 0.5) is 0 Å². The van der Waals surface area contributed by atoms with Crippen LogP contribution in [0, 0.1) is 23.7 Å². The van der Waals surface area contributed by atoms with Crippen molar-refractivity contribution in [2.75, 3.05) is 0 Å². The summed E-state index contributed by atoms with van der Waals surface area (Å²) in [4.78, 5) is 12.4. The molecule has 94 valence electrons. The quantitative estimate of drug-likeness (QED) is 0.762. The van der Waals surface area contributed by atoms with Gasteiger partial charge >= 0.3 is 0 Å². The Morgan fingerprint density at radius 3 is 2.47 bits per heavy atom. The molecule has 0 saturated heterocycles. The lowest BCUT2D eigenvalue weighted by atomic mass is 9.78. The predicted molar refractivity (Wildman–Crippen MR) is 66.4 cm³/mol. The highest BCUT2D eigenvalue weighted by Gasteiger charge is 2.43. The third-order valence-electron chi connectivity index (χ3n) is 5.03. The van der Waals surface area contributed by atoms with E-state index in [4.69, 9.17) is 0 Å². The molecule has 2 bridgehead atoms. The molecule has 0 heterocycles. The van der Waals surface area contributed by atoms with Crippen molar-refractivity contribution in [2.24, 2.45) is 23.7 Å². The van der Waals surface area contributed by atoms with Gasteiger partial charge in [-0.15, -0.1) is 0 Å². The molecule has 0 spiro atoms.